The van der Waals surface area contributed by atoms with E-state index in [9.17, 15) is 0 Å². The normalized spacial score (nSPS) is 21.1. The van der Waals surface area contributed by atoms with Gasteiger partial charge >= 0.3 is 0 Å². The quantitative estimate of drug-likeness (QED) is 0.155. The molecule has 0 aliphatic heterocycles. The fourth-order valence-electron chi connectivity index (χ4n) is 15.0. The van der Waals surface area contributed by atoms with Crippen molar-refractivity contribution in [3.8, 4) is 11.1 Å². The van der Waals surface area contributed by atoms with E-state index in [4.69, 9.17) is 4.42 Å². The van der Waals surface area contributed by atoms with Crippen molar-refractivity contribution >= 4 is 99.2 Å². The summed E-state index contributed by atoms with van der Waals surface area (Å²) in [5, 5.41) is 12.2. The Morgan fingerprint density at radius 2 is 0.884 bits per heavy atom. The zero-order valence-electron chi connectivity index (χ0n) is 38.3. The Morgan fingerprint density at radius 3 is 1.65 bits per heavy atom. The molecule has 0 unspecified atom stereocenters. The molecule has 0 saturated heterocycles. The molecule has 3 heteroatoms. The van der Waals surface area contributed by atoms with Crippen molar-refractivity contribution in [1.29, 1.82) is 0 Å². The van der Waals surface area contributed by atoms with Crippen LogP contribution < -0.4 is 9.80 Å². The number of hydrogen-bond acceptors (Lipinski definition) is 3. The van der Waals surface area contributed by atoms with Crippen LogP contribution in [-0.4, -0.2) is 0 Å². The Morgan fingerprint density at radius 1 is 0.348 bits per heavy atom. The summed E-state index contributed by atoms with van der Waals surface area (Å²) in [7, 11) is 0. The molecule has 17 rings (SSSR count). The first kappa shape index (κ1) is 38.1. The Hall–Kier alpha value is -7.88. The van der Waals surface area contributed by atoms with E-state index in [1.807, 2.05) is 6.07 Å². The fraction of sp³-hybridized carbons (Fsp3) is 0.152. The number of furan rings is 1. The van der Waals surface area contributed by atoms with Crippen molar-refractivity contribution in [2.24, 2.45) is 23.7 Å². The minimum atomic E-state index is 0.127. The molecule has 4 bridgehead atoms. The van der Waals surface area contributed by atoms with Gasteiger partial charge in [-0.3, -0.25) is 0 Å². The summed E-state index contributed by atoms with van der Waals surface area (Å²) < 4.78 is 6.49. The van der Waals surface area contributed by atoms with E-state index in [2.05, 4.69) is 210 Å². The largest absolute Gasteiger partial charge is 0.456 e. The van der Waals surface area contributed by atoms with Gasteiger partial charge in [-0.15, -0.1) is 0 Å². The zero-order valence-corrected chi connectivity index (χ0v) is 38.3. The van der Waals surface area contributed by atoms with Crippen molar-refractivity contribution in [3.63, 3.8) is 0 Å². The van der Waals surface area contributed by atoms with Crippen LogP contribution in [-0.2, 0) is 5.41 Å². The highest BCUT2D eigenvalue weighted by Gasteiger charge is 2.61. The Bertz CT molecular complexity index is 4040. The Kier molecular flexibility index (Phi) is 7.79. The van der Waals surface area contributed by atoms with Gasteiger partial charge in [-0.25, -0.2) is 0 Å². The minimum absolute atomic E-state index is 0.127. The second-order valence-corrected chi connectivity index (χ2v) is 20.9. The van der Waals surface area contributed by atoms with Gasteiger partial charge < -0.3 is 14.2 Å². The highest BCUT2D eigenvalue weighted by molar-refractivity contribution is 6.28. The SMILES string of the molecule is c1ccc(N(c2ccc3c(c2)oc2ccccc23)c2ccc3ccc4c(N(c5ccc6c(c5)-c5ccccc5C65C6CC7CC(C6)CC5C7)c5ccc6ccccc6c5)ccc5ccc2c3c54)cc1. The van der Waals surface area contributed by atoms with Crippen LogP contribution in [0.1, 0.15) is 43.2 Å². The molecule has 0 radical (unpaired) electrons. The standard InChI is InChI=1S/C66H48N2O/c1-2-12-48(13-3-1)67(51-24-28-54-53-15-7-9-17-62(53)69-63(54)39-51)60-30-21-43-20-27-56-61(31-22-44-19-26-55(60)64(43)65(44)56)68(49-23-18-42-10-4-5-11-45(42)37-49)50-25-29-59-57(38-50)52-14-6-8-16-58(52)66(59)46-33-40-32-41(35-46)36-47(66)34-40/h1-31,37-41,46-47H,32-36H2. The molecule has 1 aromatic heterocycles. The van der Waals surface area contributed by atoms with Crippen LogP contribution in [0.4, 0.5) is 34.1 Å². The molecule has 1 heterocycles. The third-order valence-corrected chi connectivity index (χ3v) is 17.5. The average molecular weight is 885 g/mol. The average Bonchev–Trinajstić information content (AvgIpc) is 3.91. The van der Waals surface area contributed by atoms with Crippen molar-refractivity contribution < 1.29 is 4.42 Å². The molecule has 0 amide bonds. The number of benzene rings is 11. The summed E-state index contributed by atoms with van der Waals surface area (Å²) in [6.07, 6.45) is 7.00. The van der Waals surface area contributed by atoms with E-state index in [1.165, 1.54) is 97.7 Å². The van der Waals surface area contributed by atoms with E-state index in [-0.39, 0.29) is 5.41 Å². The molecule has 69 heavy (non-hydrogen) atoms. The predicted octanol–water partition coefficient (Wildman–Crippen LogP) is 18.3. The van der Waals surface area contributed by atoms with Gasteiger partial charge in [0.2, 0.25) is 0 Å². The van der Waals surface area contributed by atoms with Gasteiger partial charge in [-0.1, -0.05) is 133 Å². The number of anilines is 6. The number of para-hydroxylation sites is 2. The van der Waals surface area contributed by atoms with Gasteiger partial charge in [0.25, 0.3) is 0 Å². The zero-order chi connectivity index (χ0) is 45.0. The summed E-state index contributed by atoms with van der Waals surface area (Å²) in [5.74, 6) is 3.28. The summed E-state index contributed by atoms with van der Waals surface area (Å²) in [4.78, 5) is 4.96. The van der Waals surface area contributed by atoms with E-state index < -0.39 is 0 Å². The summed E-state index contributed by atoms with van der Waals surface area (Å²) >= 11 is 0. The Labute approximate surface area is 401 Å². The van der Waals surface area contributed by atoms with Gasteiger partial charge in [0.05, 0.1) is 11.4 Å². The highest BCUT2D eigenvalue weighted by atomic mass is 16.3. The lowest BCUT2D eigenvalue weighted by atomic mass is 9.43. The van der Waals surface area contributed by atoms with Crippen molar-refractivity contribution in [3.05, 3.63) is 217 Å². The van der Waals surface area contributed by atoms with E-state index >= 15 is 0 Å². The van der Waals surface area contributed by atoms with Crippen LogP contribution in [0.25, 0.3) is 76.2 Å². The monoisotopic (exact) mass is 884 g/mol. The molecule has 5 aliphatic carbocycles. The van der Waals surface area contributed by atoms with Crippen LogP contribution in [0.15, 0.2) is 211 Å². The smallest absolute Gasteiger partial charge is 0.137 e. The number of hydrogen-bond donors (Lipinski definition) is 0. The highest BCUT2D eigenvalue weighted by Crippen LogP contribution is 2.69. The molecular formula is C66H48N2O. The number of nitrogens with zero attached hydrogens (tertiary/aromatic N) is 2. The van der Waals surface area contributed by atoms with Crippen LogP contribution in [0.2, 0.25) is 0 Å². The molecule has 4 saturated carbocycles. The predicted molar refractivity (Wildman–Crippen MR) is 288 cm³/mol. The summed E-state index contributed by atoms with van der Waals surface area (Å²) in [6.45, 7) is 0. The van der Waals surface area contributed by atoms with Gasteiger partial charge in [0.1, 0.15) is 11.2 Å². The number of fused-ring (bicyclic) bond motifs is 7. The molecule has 3 nitrogen and oxygen atoms in total. The maximum Gasteiger partial charge on any atom is 0.137 e. The first-order valence-electron chi connectivity index (χ1n) is 25.2. The second-order valence-electron chi connectivity index (χ2n) is 20.9. The third kappa shape index (κ3) is 5.28. The van der Waals surface area contributed by atoms with Crippen molar-refractivity contribution in [2.75, 3.05) is 9.80 Å². The number of rotatable bonds is 6. The van der Waals surface area contributed by atoms with Crippen molar-refractivity contribution in [1.82, 2.24) is 0 Å². The molecule has 1 spiro atoms. The van der Waals surface area contributed by atoms with E-state index in [0.717, 1.165) is 68.4 Å². The maximum atomic E-state index is 6.49. The molecule has 11 aromatic carbocycles. The summed E-state index contributed by atoms with van der Waals surface area (Å²) in [6, 6.07) is 77.5. The van der Waals surface area contributed by atoms with Crippen LogP contribution in [0.5, 0.6) is 0 Å². The van der Waals surface area contributed by atoms with Gasteiger partial charge in [-0.05, 0) is 177 Å². The maximum absolute atomic E-state index is 6.49. The third-order valence-electron chi connectivity index (χ3n) is 17.5. The Balaban J connectivity index is 0.911. The van der Waals surface area contributed by atoms with E-state index in [0.29, 0.717) is 0 Å². The van der Waals surface area contributed by atoms with E-state index in [1.54, 1.807) is 11.1 Å². The first-order valence-corrected chi connectivity index (χ1v) is 25.2. The van der Waals surface area contributed by atoms with Gasteiger partial charge in [-0.2, -0.15) is 0 Å². The second kappa shape index (κ2) is 14.1. The van der Waals surface area contributed by atoms with Crippen LogP contribution in [0.3, 0.4) is 0 Å². The van der Waals surface area contributed by atoms with Crippen molar-refractivity contribution in [2.45, 2.75) is 37.5 Å². The summed E-state index contributed by atoms with van der Waals surface area (Å²) in [5.41, 5.74) is 14.8. The lowest BCUT2D eigenvalue weighted by Gasteiger charge is -2.61. The molecule has 328 valence electrons. The first-order chi connectivity index (χ1) is 34.2. The fourth-order valence-corrected chi connectivity index (χ4v) is 15.0. The molecule has 0 N–H and O–H groups in total. The van der Waals surface area contributed by atoms with Crippen LogP contribution in [0, 0.1) is 23.7 Å². The topological polar surface area (TPSA) is 19.6 Å². The molecule has 0 atom stereocenters. The minimum Gasteiger partial charge on any atom is -0.456 e. The lowest BCUT2D eigenvalue weighted by molar-refractivity contribution is -0.0399. The molecule has 12 aromatic rings. The van der Waals surface area contributed by atoms with Gasteiger partial charge in [0, 0.05) is 55.8 Å². The molecule has 4 fully saturated rings. The molecular weight excluding hydrogens is 837 g/mol. The van der Waals surface area contributed by atoms with Gasteiger partial charge in [0.15, 0.2) is 0 Å². The lowest BCUT2D eigenvalue weighted by Crippen LogP contribution is -2.55. The van der Waals surface area contributed by atoms with Crippen LogP contribution >= 0.6 is 0 Å². The molecule has 5 aliphatic rings.